The standard InChI is InChI=1S/C12H9FN2O3/c13-8-4-9(8)15-5-7(12(17)18)10(16)6-2-1-3-14-11(6)15/h1-3,5,8-9H,4H2,(H,17,18)/t8-,9+/m0/s1. The first-order valence-corrected chi connectivity index (χ1v) is 5.47. The maximum atomic E-state index is 13.1. The smallest absolute Gasteiger partial charge is 0.341 e. The molecule has 2 aromatic rings. The average molecular weight is 248 g/mol. The summed E-state index contributed by atoms with van der Waals surface area (Å²) in [6, 6.07) is 2.64. The highest BCUT2D eigenvalue weighted by Crippen LogP contribution is 2.40. The number of aromatic nitrogens is 2. The summed E-state index contributed by atoms with van der Waals surface area (Å²) in [4.78, 5) is 27.0. The molecule has 0 saturated heterocycles. The van der Waals surface area contributed by atoms with E-state index in [0.717, 1.165) is 0 Å². The molecular weight excluding hydrogens is 239 g/mol. The lowest BCUT2D eigenvalue weighted by Gasteiger charge is -2.09. The number of carbonyl (C=O) groups is 1. The Balaban J connectivity index is 2.37. The van der Waals surface area contributed by atoms with E-state index in [1.54, 1.807) is 6.07 Å². The first kappa shape index (κ1) is 10.9. The summed E-state index contributed by atoms with van der Waals surface area (Å²) in [5, 5.41) is 9.20. The first-order valence-electron chi connectivity index (χ1n) is 5.47. The third kappa shape index (κ3) is 1.49. The van der Waals surface area contributed by atoms with Crippen LogP contribution in [0.5, 0.6) is 0 Å². The zero-order valence-electron chi connectivity index (χ0n) is 9.21. The minimum absolute atomic E-state index is 0.205. The monoisotopic (exact) mass is 248 g/mol. The van der Waals surface area contributed by atoms with Crippen LogP contribution in [0.2, 0.25) is 0 Å². The van der Waals surface area contributed by atoms with Gasteiger partial charge >= 0.3 is 5.97 Å². The summed E-state index contributed by atoms with van der Waals surface area (Å²) in [5.41, 5.74) is -0.606. The molecule has 1 N–H and O–H groups in total. The predicted molar refractivity (Wildman–Crippen MR) is 61.5 cm³/mol. The van der Waals surface area contributed by atoms with Gasteiger partial charge in [-0.25, -0.2) is 14.2 Å². The molecule has 3 rings (SSSR count). The second-order valence-electron chi connectivity index (χ2n) is 4.28. The lowest BCUT2D eigenvalue weighted by Crippen LogP contribution is -2.19. The average Bonchev–Trinajstić information content (AvgIpc) is 3.06. The number of hydrogen-bond donors (Lipinski definition) is 1. The number of alkyl halides is 1. The van der Waals surface area contributed by atoms with Crippen LogP contribution in [-0.4, -0.2) is 26.8 Å². The van der Waals surface area contributed by atoms with Crippen LogP contribution < -0.4 is 5.43 Å². The van der Waals surface area contributed by atoms with Gasteiger partial charge in [0.2, 0.25) is 5.43 Å². The molecule has 1 saturated carbocycles. The normalized spacial score (nSPS) is 22.1. The molecule has 1 aliphatic rings. The van der Waals surface area contributed by atoms with E-state index >= 15 is 0 Å². The minimum atomic E-state index is -1.31. The molecule has 0 bridgehead atoms. The molecule has 2 heterocycles. The molecule has 5 nitrogen and oxygen atoms in total. The van der Waals surface area contributed by atoms with E-state index in [1.807, 2.05) is 0 Å². The molecule has 0 aromatic carbocycles. The number of halogens is 1. The van der Waals surface area contributed by atoms with Gasteiger partial charge in [-0.05, 0) is 12.1 Å². The van der Waals surface area contributed by atoms with E-state index < -0.39 is 23.6 Å². The Bertz CT molecular complexity index is 710. The molecule has 1 fully saturated rings. The molecule has 18 heavy (non-hydrogen) atoms. The number of carboxylic acids is 1. The summed E-state index contributed by atoms with van der Waals surface area (Å²) >= 11 is 0. The van der Waals surface area contributed by atoms with E-state index in [-0.39, 0.29) is 10.9 Å². The van der Waals surface area contributed by atoms with Crippen LogP contribution in [0, 0.1) is 0 Å². The van der Waals surface area contributed by atoms with Crippen LogP contribution in [0.4, 0.5) is 4.39 Å². The Morgan fingerprint density at radius 3 is 2.89 bits per heavy atom. The fraction of sp³-hybridized carbons (Fsp3) is 0.250. The molecule has 0 spiro atoms. The van der Waals surface area contributed by atoms with Gasteiger partial charge in [-0.1, -0.05) is 0 Å². The number of aromatic carboxylic acids is 1. The second kappa shape index (κ2) is 3.63. The molecule has 0 radical (unpaired) electrons. The molecule has 6 heteroatoms. The first-order chi connectivity index (χ1) is 8.59. The zero-order chi connectivity index (χ0) is 12.9. The number of rotatable bonds is 2. The molecule has 0 aliphatic heterocycles. The van der Waals surface area contributed by atoms with Gasteiger partial charge in [-0.15, -0.1) is 0 Å². The molecule has 1 aliphatic carbocycles. The van der Waals surface area contributed by atoms with Gasteiger partial charge in [0, 0.05) is 18.8 Å². The summed E-state index contributed by atoms with van der Waals surface area (Å²) in [6.07, 6.45) is 2.01. The molecule has 0 amide bonds. The van der Waals surface area contributed by atoms with Crippen molar-refractivity contribution in [3.05, 3.63) is 40.3 Å². The molecule has 2 atom stereocenters. The maximum Gasteiger partial charge on any atom is 0.341 e. The van der Waals surface area contributed by atoms with Crippen LogP contribution in [0.15, 0.2) is 29.3 Å². The van der Waals surface area contributed by atoms with Crippen molar-refractivity contribution in [2.45, 2.75) is 18.6 Å². The van der Waals surface area contributed by atoms with Crippen molar-refractivity contribution < 1.29 is 14.3 Å². The Kier molecular flexibility index (Phi) is 2.19. The van der Waals surface area contributed by atoms with Gasteiger partial charge in [-0.3, -0.25) is 4.79 Å². The summed E-state index contributed by atoms with van der Waals surface area (Å²) in [5.74, 6) is -1.31. The van der Waals surface area contributed by atoms with E-state index in [1.165, 1.54) is 23.0 Å². The number of pyridine rings is 2. The summed E-state index contributed by atoms with van der Waals surface area (Å²) in [7, 11) is 0. The fourth-order valence-corrected chi connectivity index (χ4v) is 2.03. The van der Waals surface area contributed by atoms with Gasteiger partial charge in [0.05, 0.1) is 11.4 Å². The predicted octanol–water partition coefficient (Wildman–Crippen LogP) is 1.38. The quantitative estimate of drug-likeness (QED) is 0.871. The SMILES string of the molecule is O=C(O)c1cn([C@@H]2C[C@@H]2F)c2ncccc2c1=O. The lowest BCUT2D eigenvalue weighted by atomic mass is 10.2. The summed E-state index contributed by atoms with van der Waals surface area (Å²) in [6.45, 7) is 0. The second-order valence-corrected chi connectivity index (χ2v) is 4.28. The number of hydrogen-bond acceptors (Lipinski definition) is 3. The van der Waals surface area contributed by atoms with Gasteiger partial charge in [0.25, 0.3) is 0 Å². The van der Waals surface area contributed by atoms with Crippen molar-refractivity contribution in [3.8, 4) is 0 Å². The largest absolute Gasteiger partial charge is 0.477 e. The van der Waals surface area contributed by atoms with Crippen molar-refractivity contribution in [2.24, 2.45) is 0 Å². The van der Waals surface area contributed by atoms with Gasteiger partial charge in [0.1, 0.15) is 17.4 Å². The van der Waals surface area contributed by atoms with Crippen LogP contribution >= 0.6 is 0 Å². The maximum absolute atomic E-state index is 13.1. The third-order valence-electron chi connectivity index (χ3n) is 3.06. The van der Waals surface area contributed by atoms with E-state index in [0.29, 0.717) is 12.1 Å². The summed E-state index contributed by atoms with van der Waals surface area (Å²) < 4.78 is 14.6. The van der Waals surface area contributed by atoms with Crippen molar-refractivity contribution in [2.75, 3.05) is 0 Å². The van der Waals surface area contributed by atoms with E-state index in [2.05, 4.69) is 4.98 Å². The zero-order valence-corrected chi connectivity index (χ0v) is 9.21. The van der Waals surface area contributed by atoms with Crippen LogP contribution in [0.3, 0.4) is 0 Å². The number of carboxylic acid groups (broad SMARTS) is 1. The van der Waals surface area contributed by atoms with Crippen molar-refractivity contribution in [1.82, 2.24) is 9.55 Å². The van der Waals surface area contributed by atoms with Gasteiger partial charge in [-0.2, -0.15) is 0 Å². The highest BCUT2D eigenvalue weighted by molar-refractivity contribution is 5.91. The molecule has 92 valence electrons. The van der Waals surface area contributed by atoms with Crippen molar-refractivity contribution in [3.63, 3.8) is 0 Å². The molecule has 0 unspecified atom stereocenters. The Morgan fingerprint density at radius 1 is 1.56 bits per heavy atom. The number of fused-ring (bicyclic) bond motifs is 1. The van der Waals surface area contributed by atoms with E-state index in [4.69, 9.17) is 5.11 Å². The number of nitrogens with zero attached hydrogens (tertiary/aromatic N) is 2. The van der Waals surface area contributed by atoms with E-state index in [9.17, 15) is 14.0 Å². The minimum Gasteiger partial charge on any atom is -0.477 e. The van der Waals surface area contributed by atoms with Crippen molar-refractivity contribution in [1.29, 1.82) is 0 Å². The topological polar surface area (TPSA) is 72.2 Å². The molecular formula is C12H9FN2O3. The van der Waals surface area contributed by atoms with Crippen molar-refractivity contribution >= 4 is 17.0 Å². The lowest BCUT2D eigenvalue weighted by molar-refractivity contribution is 0.0694. The Morgan fingerprint density at radius 2 is 2.28 bits per heavy atom. The van der Waals surface area contributed by atoms with Gasteiger partial charge < -0.3 is 9.67 Å². The highest BCUT2D eigenvalue weighted by Gasteiger charge is 2.40. The van der Waals surface area contributed by atoms with Crippen LogP contribution in [-0.2, 0) is 0 Å². The van der Waals surface area contributed by atoms with Crippen LogP contribution in [0.25, 0.3) is 11.0 Å². The highest BCUT2D eigenvalue weighted by atomic mass is 19.1. The Hall–Kier alpha value is -2.24. The Labute approximate surface area is 100 Å². The molecule has 2 aromatic heterocycles. The third-order valence-corrected chi connectivity index (χ3v) is 3.06. The van der Waals surface area contributed by atoms with Crippen LogP contribution in [0.1, 0.15) is 22.8 Å². The van der Waals surface area contributed by atoms with Gasteiger partial charge in [0.15, 0.2) is 0 Å². The fourth-order valence-electron chi connectivity index (χ4n) is 2.03.